The molecule has 0 spiro atoms. The van der Waals surface area contributed by atoms with E-state index in [1.807, 2.05) is 56.1 Å². The zero-order valence-corrected chi connectivity index (χ0v) is 42.6. The number of rotatable bonds is 19. The van der Waals surface area contributed by atoms with Crippen molar-refractivity contribution < 1.29 is 62.2 Å². The first-order valence-electron chi connectivity index (χ1n) is 22.3. The predicted molar refractivity (Wildman–Crippen MR) is 255 cm³/mol. The minimum atomic E-state index is -5.70. The van der Waals surface area contributed by atoms with Crippen LogP contribution in [-0.4, -0.2) is 105 Å². The summed E-state index contributed by atoms with van der Waals surface area (Å²) < 4.78 is 139. The zero-order chi connectivity index (χ0) is 52.3. The molecule has 0 saturated carbocycles. The van der Waals surface area contributed by atoms with Crippen molar-refractivity contribution in [2.75, 3.05) is 51.3 Å². The van der Waals surface area contributed by atoms with E-state index < -0.39 is 49.4 Å². The number of sulfonamides is 2. The van der Waals surface area contributed by atoms with E-state index in [1.54, 1.807) is 10.8 Å². The monoisotopic (exact) mass is 1080 g/mol. The highest BCUT2D eigenvalue weighted by atomic mass is 32.2. The molecule has 0 bridgehead atoms. The number of nitrogens with zero attached hydrogens (tertiary/aromatic N) is 10. The van der Waals surface area contributed by atoms with Crippen LogP contribution in [0.3, 0.4) is 0 Å². The van der Waals surface area contributed by atoms with E-state index in [9.17, 15) is 52.8 Å². The van der Waals surface area contributed by atoms with Gasteiger partial charge in [-0.3, -0.25) is 9.44 Å². The number of ether oxygens (including phenoxy) is 2. The molecule has 0 radical (unpaired) electrons. The largest absolute Gasteiger partial charge is 0.516 e. The van der Waals surface area contributed by atoms with Gasteiger partial charge >= 0.3 is 33.6 Å². The van der Waals surface area contributed by atoms with Crippen LogP contribution in [0, 0.1) is 0 Å². The first kappa shape index (κ1) is 56.3. The molecule has 390 valence electrons. The van der Waals surface area contributed by atoms with E-state index in [0.29, 0.717) is 50.1 Å². The first-order chi connectivity index (χ1) is 33.4. The first-order valence-corrected chi connectivity index (χ1v) is 27.0. The molecule has 2 N–H and O–H groups in total. The molecule has 4 heterocycles. The molecular formula is C41H52F6N12O8S4. The van der Waals surface area contributed by atoms with Crippen LogP contribution >= 0.6 is 22.7 Å². The van der Waals surface area contributed by atoms with E-state index in [0.717, 1.165) is 59.5 Å². The third-order valence-corrected chi connectivity index (χ3v) is 14.6. The Labute approximate surface area is 413 Å². The lowest BCUT2D eigenvalue weighted by Crippen LogP contribution is -2.37. The minimum absolute atomic E-state index is 0.00284. The number of aromatic nitrogens is 4. The minimum Gasteiger partial charge on any atom is -0.460 e. The summed E-state index contributed by atoms with van der Waals surface area (Å²) in [5.74, 6) is -3.36. The quantitative estimate of drug-likeness (QED) is 0.0383. The maximum absolute atomic E-state index is 13.1. The Kier molecular flexibility index (Phi) is 19.2. The lowest BCUT2D eigenvalue weighted by molar-refractivity contribution is -0.106. The lowest BCUT2D eigenvalue weighted by atomic mass is 9.95. The number of anilines is 4. The van der Waals surface area contributed by atoms with Crippen molar-refractivity contribution >= 4 is 99.0 Å². The summed E-state index contributed by atoms with van der Waals surface area (Å²) in [6, 6.07) is 6.22. The Morgan fingerprint density at radius 1 is 0.676 bits per heavy atom. The number of benzene rings is 2. The number of azo groups is 2. The van der Waals surface area contributed by atoms with Crippen LogP contribution in [0.2, 0.25) is 0 Å². The molecule has 0 amide bonds. The van der Waals surface area contributed by atoms with Crippen molar-refractivity contribution in [2.45, 2.75) is 117 Å². The van der Waals surface area contributed by atoms with Gasteiger partial charge in [0.15, 0.2) is 5.75 Å². The Balaban J connectivity index is 0.000000264. The molecule has 2 atom stereocenters. The second kappa shape index (κ2) is 24.2. The molecule has 2 aliphatic heterocycles. The second-order valence-electron chi connectivity index (χ2n) is 16.0. The highest BCUT2D eigenvalue weighted by molar-refractivity contribution is 7.93. The molecule has 30 heteroatoms. The maximum Gasteiger partial charge on any atom is 0.516 e. The summed E-state index contributed by atoms with van der Waals surface area (Å²) in [7, 11) is -10.5. The van der Waals surface area contributed by atoms with Gasteiger partial charge in [0, 0.05) is 36.5 Å². The van der Waals surface area contributed by atoms with Gasteiger partial charge in [0.25, 0.3) is 10.3 Å². The number of hydrogen-bond acceptors (Lipinski definition) is 20. The highest BCUT2D eigenvalue weighted by Crippen LogP contribution is 2.42. The van der Waals surface area contributed by atoms with Gasteiger partial charge in [-0.1, -0.05) is 49.4 Å². The van der Waals surface area contributed by atoms with E-state index in [-0.39, 0.29) is 68.3 Å². The van der Waals surface area contributed by atoms with Gasteiger partial charge in [0.1, 0.15) is 11.4 Å². The van der Waals surface area contributed by atoms with E-state index in [1.165, 1.54) is 18.2 Å². The van der Waals surface area contributed by atoms with Gasteiger partial charge in [0.2, 0.25) is 20.0 Å². The Bertz CT molecular complexity index is 2790. The average molecular weight is 1080 g/mol. The van der Waals surface area contributed by atoms with Crippen LogP contribution in [0.15, 0.2) is 44.7 Å². The summed E-state index contributed by atoms with van der Waals surface area (Å²) in [5, 5.41) is 30.6. The van der Waals surface area contributed by atoms with Crippen molar-refractivity contribution in [3.8, 4) is 0 Å². The molecule has 0 aliphatic carbocycles. The summed E-state index contributed by atoms with van der Waals surface area (Å²) in [6.45, 7) is 13.4. The number of esters is 2. The number of alkyl halides is 6. The molecule has 0 saturated heterocycles. The third-order valence-electron chi connectivity index (χ3n) is 10.7. The summed E-state index contributed by atoms with van der Waals surface area (Å²) in [6.07, 6.45) is 1.15. The van der Waals surface area contributed by atoms with Gasteiger partial charge in [-0.05, 0) is 102 Å². The number of nitrogens with one attached hydrogen (secondary N) is 2. The van der Waals surface area contributed by atoms with Crippen LogP contribution in [-0.2, 0) is 42.4 Å². The number of carbonyl (C=O) groups is 2. The van der Waals surface area contributed by atoms with Crippen LogP contribution < -0.4 is 19.2 Å². The third kappa shape index (κ3) is 15.4. The SMILES string of the molecule is CCCCOC(=O)c1nnc(N=Nc2cc3c(cc2NS(=O)(=O)C(F)(F)F)N(CC)C(C)CC3)s1.CCCCOC(=O)c1nnc(N=Nc2cc3c(cc2NS(=O)(=O)CC(F)(F)F)N(CC)C(C)CC3)s1. The van der Waals surface area contributed by atoms with Crippen molar-refractivity contribution in [3.05, 3.63) is 45.4 Å². The van der Waals surface area contributed by atoms with Crippen LogP contribution in [0.5, 0.6) is 0 Å². The van der Waals surface area contributed by atoms with Gasteiger partial charge in [-0.25, -0.2) is 18.0 Å². The van der Waals surface area contributed by atoms with Crippen molar-refractivity contribution in [2.24, 2.45) is 20.5 Å². The molecule has 2 aliphatic rings. The summed E-state index contributed by atoms with van der Waals surface area (Å²) >= 11 is 1.62. The van der Waals surface area contributed by atoms with E-state index in [4.69, 9.17) is 9.47 Å². The number of aryl methyl sites for hydroxylation is 2. The molecule has 2 aromatic carbocycles. The average Bonchev–Trinajstić information content (AvgIpc) is 3.97. The van der Waals surface area contributed by atoms with Crippen molar-refractivity contribution in [1.82, 2.24) is 20.4 Å². The van der Waals surface area contributed by atoms with E-state index >= 15 is 0 Å². The highest BCUT2D eigenvalue weighted by Gasteiger charge is 2.46. The number of unbranched alkanes of at least 4 members (excludes halogenated alkanes) is 2. The molecule has 0 fully saturated rings. The van der Waals surface area contributed by atoms with Gasteiger partial charge in [0.05, 0.1) is 24.6 Å². The molecule has 6 rings (SSSR count). The fourth-order valence-electron chi connectivity index (χ4n) is 7.22. The second-order valence-corrected chi connectivity index (χ2v) is 21.3. The fourth-order valence-corrected chi connectivity index (χ4v) is 9.91. The molecule has 2 unspecified atom stereocenters. The van der Waals surface area contributed by atoms with Gasteiger partial charge in [-0.2, -0.15) is 34.8 Å². The Hall–Kier alpha value is -5.62. The van der Waals surface area contributed by atoms with Crippen molar-refractivity contribution in [3.63, 3.8) is 0 Å². The van der Waals surface area contributed by atoms with Crippen LogP contribution in [0.25, 0.3) is 0 Å². The topological polar surface area (TPSA) is 252 Å². The standard InChI is InChI=1S/C21H27F3N6O4S2.C20H25F3N6O4S2/c1-4-6-9-34-19(31)18-26-28-20(35-18)27-25-15-10-14-8-7-13(3)30(5-2)17(14)11-16(15)29-36(32,33)12-21(22,23)24;1-4-6-9-33-18(30)17-25-27-19(34-17)26-24-14-10-13-8-7-12(3)29(5-2)16(13)11-15(14)28-35(31,32)20(21,22)23/h10-11,13,29H,4-9,12H2,1-3H3;10-12,28H,4-9H2,1-3H3. The van der Waals surface area contributed by atoms with Crippen LogP contribution in [0.1, 0.15) is 111 Å². The molecule has 4 aromatic rings. The lowest BCUT2D eigenvalue weighted by Gasteiger charge is -2.36. The fraction of sp³-hybridized carbons (Fsp3) is 0.561. The number of fused-ring (bicyclic) bond motifs is 2. The van der Waals surface area contributed by atoms with Gasteiger partial charge < -0.3 is 19.3 Å². The van der Waals surface area contributed by atoms with Crippen molar-refractivity contribution in [1.29, 1.82) is 0 Å². The molecule has 71 heavy (non-hydrogen) atoms. The Morgan fingerprint density at radius 2 is 1.10 bits per heavy atom. The maximum atomic E-state index is 13.1. The smallest absolute Gasteiger partial charge is 0.460 e. The molecule has 2 aromatic heterocycles. The summed E-state index contributed by atoms with van der Waals surface area (Å²) in [5.41, 5.74) is -3.13. The Morgan fingerprint density at radius 3 is 1.48 bits per heavy atom. The predicted octanol–water partition coefficient (Wildman–Crippen LogP) is 10.7. The van der Waals surface area contributed by atoms with Crippen LogP contribution in [0.4, 0.5) is 70.7 Å². The zero-order valence-electron chi connectivity index (χ0n) is 39.3. The number of halogens is 6. The number of carbonyl (C=O) groups excluding carboxylic acids is 2. The number of hydrogen-bond donors (Lipinski definition) is 2. The van der Waals surface area contributed by atoms with Gasteiger partial charge in [-0.15, -0.1) is 40.9 Å². The molecule has 20 nitrogen and oxygen atoms in total. The summed E-state index contributed by atoms with van der Waals surface area (Å²) in [4.78, 5) is 28.0. The normalized spacial score (nSPS) is 16.3. The molecular weight excluding hydrogens is 1030 g/mol. The van der Waals surface area contributed by atoms with E-state index in [2.05, 4.69) is 40.9 Å².